The number of thiocarbonyl (C=S) groups is 1. The van der Waals surface area contributed by atoms with Crippen LogP contribution in [0.3, 0.4) is 0 Å². The Balaban J connectivity index is 1.59. The van der Waals surface area contributed by atoms with E-state index < -0.39 is 0 Å². The number of likely N-dealkylation sites (tertiary alicyclic amines) is 1. The van der Waals surface area contributed by atoms with E-state index in [9.17, 15) is 0 Å². The van der Waals surface area contributed by atoms with Crippen molar-refractivity contribution in [2.24, 2.45) is 5.92 Å². The molecular formula is C14H27N3S. The molecule has 0 bridgehead atoms. The van der Waals surface area contributed by atoms with Gasteiger partial charge in [-0.15, -0.1) is 0 Å². The molecule has 1 unspecified atom stereocenters. The van der Waals surface area contributed by atoms with Crippen LogP contribution in [0.2, 0.25) is 0 Å². The summed E-state index contributed by atoms with van der Waals surface area (Å²) in [5.74, 6) is 0.774. The molecule has 1 saturated heterocycles. The molecule has 2 fully saturated rings. The fourth-order valence-corrected chi connectivity index (χ4v) is 3.34. The Morgan fingerprint density at radius 2 is 2.00 bits per heavy atom. The third kappa shape index (κ3) is 4.39. The summed E-state index contributed by atoms with van der Waals surface area (Å²) in [6.07, 6.45) is 7.99. The Labute approximate surface area is 117 Å². The Morgan fingerprint density at radius 3 is 2.67 bits per heavy atom. The number of hydrogen-bond donors (Lipinski definition) is 2. The Kier molecular flexibility index (Phi) is 5.70. The van der Waals surface area contributed by atoms with E-state index in [1.807, 2.05) is 0 Å². The molecule has 2 rings (SSSR count). The Hall–Kier alpha value is -0.350. The lowest BCUT2D eigenvalue weighted by atomic mass is 9.96. The molecule has 2 aliphatic rings. The van der Waals surface area contributed by atoms with Crippen LogP contribution < -0.4 is 10.6 Å². The van der Waals surface area contributed by atoms with E-state index in [0.29, 0.717) is 6.04 Å². The molecule has 0 aromatic carbocycles. The maximum Gasteiger partial charge on any atom is 0.166 e. The molecule has 1 atom stereocenters. The number of hydrogen-bond acceptors (Lipinski definition) is 2. The molecule has 1 aliphatic carbocycles. The lowest BCUT2D eigenvalue weighted by molar-refractivity contribution is 0.341. The first-order chi connectivity index (χ1) is 8.78. The summed E-state index contributed by atoms with van der Waals surface area (Å²) in [4.78, 5) is 2.52. The van der Waals surface area contributed by atoms with Crippen molar-refractivity contribution in [3.05, 3.63) is 0 Å². The summed E-state index contributed by atoms with van der Waals surface area (Å²) in [5, 5.41) is 7.76. The van der Waals surface area contributed by atoms with E-state index in [2.05, 4.69) is 22.5 Å². The Bertz CT molecular complexity index is 264. The standard InChI is InChI=1S/C14H27N3S/c1-2-17-9-8-12(11-17)10-15-14(18)16-13-6-4-3-5-7-13/h12-13H,2-11H2,1H3,(H2,15,16,18). The van der Waals surface area contributed by atoms with Gasteiger partial charge >= 0.3 is 0 Å². The highest BCUT2D eigenvalue weighted by Gasteiger charge is 2.21. The van der Waals surface area contributed by atoms with Crippen molar-refractivity contribution in [3.8, 4) is 0 Å². The smallest absolute Gasteiger partial charge is 0.166 e. The second-order valence-electron chi connectivity index (χ2n) is 5.74. The normalized spacial score (nSPS) is 26.2. The van der Waals surface area contributed by atoms with Crippen molar-refractivity contribution in [2.75, 3.05) is 26.2 Å². The van der Waals surface area contributed by atoms with Gasteiger partial charge in [0, 0.05) is 19.1 Å². The zero-order valence-electron chi connectivity index (χ0n) is 11.6. The van der Waals surface area contributed by atoms with Crippen LogP contribution in [0, 0.1) is 5.92 Å². The maximum absolute atomic E-state index is 5.39. The zero-order chi connectivity index (χ0) is 12.8. The van der Waals surface area contributed by atoms with Gasteiger partial charge in [0.05, 0.1) is 0 Å². The van der Waals surface area contributed by atoms with Crippen molar-refractivity contribution >= 4 is 17.3 Å². The summed E-state index contributed by atoms with van der Waals surface area (Å²) in [6, 6.07) is 0.620. The molecule has 18 heavy (non-hydrogen) atoms. The van der Waals surface area contributed by atoms with Gasteiger partial charge in [-0.1, -0.05) is 26.2 Å². The number of rotatable bonds is 4. The minimum Gasteiger partial charge on any atom is -0.362 e. The van der Waals surface area contributed by atoms with Crippen LogP contribution in [-0.4, -0.2) is 42.2 Å². The van der Waals surface area contributed by atoms with Gasteiger partial charge in [0.2, 0.25) is 0 Å². The molecule has 104 valence electrons. The first kappa shape index (κ1) is 14.1. The second-order valence-corrected chi connectivity index (χ2v) is 6.15. The lowest BCUT2D eigenvalue weighted by Gasteiger charge is -2.25. The maximum atomic E-state index is 5.39. The molecule has 1 aliphatic heterocycles. The predicted molar refractivity (Wildman–Crippen MR) is 80.8 cm³/mol. The molecule has 0 aromatic heterocycles. The van der Waals surface area contributed by atoms with Crippen LogP contribution in [0.1, 0.15) is 45.4 Å². The van der Waals surface area contributed by atoms with Crippen molar-refractivity contribution in [2.45, 2.75) is 51.5 Å². The van der Waals surface area contributed by atoms with Gasteiger partial charge in [0.25, 0.3) is 0 Å². The molecule has 0 radical (unpaired) electrons. The first-order valence-electron chi connectivity index (χ1n) is 7.54. The quantitative estimate of drug-likeness (QED) is 0.765. The van der Waals surface area contributed by atoms with Crippen LogP contribution in [-0.2, 0) is 0 Å². The van der Waals surface area contributed by atoms with Crippen LogP contribution in [0.5, 0.6) is 0 Å². The molecular weight excluding hydrogens is 242 g/mol. The van der Waals surface area contributed by atoms with Gasteiger partial charge in [0.15, 0.2) is 5.11 Å². The number of nitrogens with one attached hydrogen (secondary N) is 2. The minimum absolute atomic E-state index is 0.620. The van der Waals surface area contributed by atoms with Crippen molar-refractivity contribution in [3.63, 3.8) is 0 Å². The van der Waals surface area contributed by atoms with Crippen molar-refractivity contribution < 1.29 is 0 Å². The highest BCUT2D eigenvalue weighted by atomic mass is 32.1. The van der Waals surface area contributed by atoms with Crippen LogP contribution in [0.15, 0.2) is 0 Å². The number of nitrogens with zero attached hydrogens (tertiary/aromatic N) is 1. The molecule has 3 nitrogen and oxygen atoms in total. The van der Waals surface area contributed by atoms with Gasteiger partial charge in [-0.3, -0.25) is 0 Å². The monoisotopic (exact) mass is 269 g/mol. The average molecular weight is 269 g/mol. The van der Waals surface area contributed by atoms with Crippen LogP contribution in [0.4, 0.5) is 0 Å². The van der Waals surface area contributed by atoms with Gasteiger partial charge in [-0.05, 0) is 50.5 Å². The van der Waals surface area contributed by atoms with Crippen LogP contribution in [0.25, 0.3) is 0 Å². The largest absolute Gasteiger partial charge is 0.362 e. The topological polar surface area (TPSA) is 27.3 Å². The predicted octanol–water partition coefficient (Wildman–Crippen LogP) is 2.12. The third-order valence-corrected chi connectivity index (χ3v) is 4.57. The molecule has 1 saturated carbocycles. The second kappa shape index (κ2) is 7.29. The van der Waals surface area contributed by atoms with Gasteiger partial charge in [0.1, 0.15) is 0 Å². The average Bonchev–Trinajstić information content (AvgIpc) is 2.85. The molecule has 0 aromatic rings. The van der Waals surface area contributed by atoms with E-state index >= 15 is 0 Å². The molecule has 1 heterocycles. The van der Waals surface area contributed by atoms with Crippen molar-refractivity contribution in [1.82, 2.24) is 15.5 Å². The molecule has 0 spiro atoms. The van der Waals surface area contributed by atoms with E-state index in [-0.39, 0.29) is 0 Å². The Morgan fingerprint density at radius 1 is 1.22 bits per heavy atom. The zero-order valence-corrected chi connectivity index (χ0v) is 12.4. The minimum atomic E-state index is 0.620. The van der Waals surface area contributed by atoms with Gasteiger partial charge < -0.3 is 15.5 Å². The summed E-state index contributed by atoms with van der Waals surface area (Å²) < 4.78 is 0. The SMILES string of the molecule is CCN1CCC(CNC(=S)NC2CCCCC2)C1. The summed E-state index contributed by atoms with van der Waals surface area (Å²) in [6.45, 7) is 6.95. The van der Waals surface area contributed by atoms with E-state index in [0.717, 1.165) is 17.6 Å². The summed E-state index contributed by atoms with van der Waals surface area (Å²) in [5.41, 5.74) is 0. The highest BCUT2D eigenvalue weighted by Crippen LogP contribution is 2.17. The third-order valence-electron chi connectivity index (χ3n) is 4.31. The van der Waals surface area contributed by atoms with E-state index in [1.165, 1.54) is 58.2 Å². The highest BCUT2D eigenvalue weighted by molar-refractivity contribution is 7.80. The summed E-state index contributed by atoms with van der Waals surface area (Å²) in [7, 11) is 0. The van der Waals surface area contributed by atoms with Gasteiger partial charge in [-0.2, -0.15) is 0 Å². The molecule has 2 N–H and O–H groups in total. The molecule has 0 amide bonds. The van der Waals surface area contributed by atoms with E-state index in [4.69, 9.17) is 12.2 Å². The molecule has 4 heteroatoms. The first-order valence-corrected chi connectivity index (χ1v) is 7.95. The fraction of sp³-hybridized carbons (Fsp3) is 0.929. The van der Waals surface area contributed by atoms with E-state index in [1.54, 1.807) is 0 Å². The fourth-order valence-electron chi connectivity index (χ4n) is 3.09. The van der Waals surface area contributed by atoms with Crippen LogP contribution >= 0.6 is 12.2 Å². The summed E-state index contributed by atoms with van der Waals surface area (Å²) >= 11 is 5.39. The van der Waals surface area contributed by atoms with Crippen molar-refractivity contribution in [1.29, 1.82) is 0 Å². The van der Waals surface area contributed by atoms with Gasteiger partial charge in [-0.25, -0.2) is 0 Å². The lowest BCUT2D eigenvalue weighted by Crippen LogP contribution is -2.44.